The highest BCUT2D eigenvalue weighted by atomic mass is 35.5. The van der Waals surface area contributed by atoms with Crippen molar-refractivity contribution < 1.29 is 0 Å². The average Bonchev–Trinajstić information content (AvgIpc) is 2.53. The lowest BCUT2D eigenvalue weighted by atomic mass is 9.95. The zero-order chi connectivity index (χ0) is 14.7. The first-order valence-corrected chi connectivity index (χ1v) is 8.86. The minimum Gasteiger partial charge on any atom is -0.298 e. The van der Waals surface area contributed by atoms with Crippen LogP contribution >= 0.6 is 11.6 Å². The van der Waals surface area contributed by atoms with E-state index in [0.29, 0.717) is 0 Å². The summed E-state index contributed by atoms with van der Waals surface area (Å²) in [5.74, 6) is 0. The van der Waals surface area contributed by atoms with Gasteiger partial charge in [0.05, 0.1) is 0 Å². The van der Waals surface area contributed by atoms with E-state index >= 15 is 0 Å². The van der Waals surface area contributed by atoms with Gasteiger partial charge in [0.2, 0.25) is 0 Å². The Kier molecular flexibility index (Phi) is 5.20. The van der Waals surface area contributed by atoms with Gasteiger partial charge in [-0.15, -0.1) is 0 Å². The van der Waals surface area contributed by atoms with Crippen LogP contribution in [0.5, 0.6) is 0 Å². The molecule has 0 aliphatic carbocycles. The van der Waals surface area contributed by atoms with Crippen LogP contribution in [0.4, 0.5) is 0 Å². The Morgan fingerprint density at radius 3 is 2.71 bits per heavy atom. The zero-order valence-electron chi connectivity index (χ0n) is 13.1. The Hall–Kier alpha value is -0.570. The van der Waals surface area contributed by atoms with Crippen LogP contribution in [0, 0.1) is 0 Å². The summed E-state index contributed by atoms with van der Waals surface area (Å²) in [4.78, 5) is 5.48. The van der Waals surface area contributed by atoms with Gasteiger partial charge < -0.3 is 0 Å². The first-order chi connectivity index (χ1) is 10.3. The lowest BCUT2D eigenvalue weighted by Gasteiger charge is -2.48. The second-order valence-electron chi connectivity index (χ2n) is 6.58. The third-order valence-corrected chi connectivity index (χ3v) is 5.48. The van der Waals surface area contributed by atoms with Crippen LogP contribution in [0.25, 0.3) is 0 Å². The van der Waals surface area contributed by atoms with Gasteiger partial charge in [0, 0.05) is 36.7 Å². The Labute approximate surface area is 134 Å². The normalized spacial score (nSPS) is 27.5. The number of rotatable bonds is 4. The summed E-state index contributed by atoms with van der Waals surface area (Å²) in [6.07, 6.45) is 6.62. The van der Waals surface area contributed by atoms with E-state index in [0.717, 1.165) is 23.5 Å². The molecule has 2 nitrogen and oxygen atoms in total. The highest BCUT2D eigenvalue weighted by molar-refractivity contribution is 6.30. The maximum Gasteiger partial charge on any atom is 0.0406 e. The second kappa shape index (κ2) is 7.13. The minimum absolute atomic E-state index is 0.742. The third-order valence-electron chi connectivity index (χ3n) is 5.23. The third kappa shape index (κ3) is 3.80. The Morgan fingerprint density at radius 1 is 1.14 bits per heavy atom. The highest BCUT2D eigenvalue weighted by Crippen LogP contribution is 2.25. The molecule has 0 bridgehead atoms. The van der Waals surface area contributed by atoms with Crippen LogP contribution in [0.15, 0.2) is 24.3 Å². The molecular weight excluding hydrogens is 280 g/mol. The van der Waals surface area contributed by atoms with E-state index in [1.54, 1.807) is 0 Å². The van der Waals surface area contributed by atoms with Gasteiger partial charge in [-0.05, 0) is 49.9 Å². The average molecular weight is 307 g/mol. The van der Waals surface area contributed by atoms with Crippen LogP contribution in [0.2, 0.25) is 5.02 Å². The van der Waals surface area contributed by atoms with E-state index in [-0.39, 0.29) is 0 Å². The predicted octanol–water partition coefficient (Wildman–Crippen LogP) is 3.83. The largest absolute Gasteiger partial charge is 0.298 e. The van der Waals surface area contributed by atoms with Gasteiger partial charge in [-0.1, -0.05) is 37.1 Å². The molecule has 2 atom stereocenters. The Bertz CT molecular complexity index is 445. The van der Waals surface area contributed by atoms with Crippen molar-refractivity contribution in [1.29, 1.82) is 0 Å². The van der Waals surface area contributed by atoms with Crippen molar-refractivity contribution in [2.24, 2.45) is 0 Å². The van der Waals surface area contributed by atoms with Crippen molar-refractivity contribution in [3.8, 4) is 0 Å². The molecule has 0 spiro atoms. The molecule has 0 amide bonds. The molecule has 0 saturated carbocycles. The van der Waals surface area contributed by atoms with E-state index in [1.165, 1.54) is 57.4 Å². The first kappa shape index (κ1) is 15.3. The molecule has 1 aromatic rings. The number of hydrogen-bond acceptors (Lipinski definition) is 2. The van der Waals surface area contributed by atoms with Crippen LogP contribution in [0.1, 0.15) is 38.2 Å². The smallest absolute Gasteiger partial charge is 0.0406 e. The van der Waals surface area contributed by atoms with Crippen LogP contribution in [0.3, 0.4) is 0 Å². The van der Waals surface area contributed by atoms with Gasteiger partial charge >= 0.3 is 0 Å². The van der Waals surface area contributed by atoms with E-state index in [9.17, 15) is 0 Å². The van der Waals surface area contributed by atoms with Crippen molar-refractivity contribution in [1.82, 2.24) is 9.80 Å². The Morgan fingerprint density at radius 2 is 1.95 bits per heavy atom. The number of nitrogens with zero attached hydrogens (tertiary/aromatic N) is 2. The Balaban J connectivity index is 1.59. The van der Waals surface area contributed by atoms with Crippen LogP contribution in [-0.2, 0) is 6.42 Å². The molecule has 1 aromatic carbocycles. The number of benzene rings is 1. The van der Waals surface area contributed by atoms with Gasteiger partial charge in [-0.25, -0.2) is 0 Å². The van der Waals surface area contributed by atoms with Gasteiger partial charge in [-0.2, -0.15) is 0 Å². The summed E-state index contributed by atoms with van der Waals surface area (Å²) in [5, 5.41) is 0.834. The molecule has 2 saturated heterocycles. The molecule has 2 aliphatic rings. The van der Waals surface area contributed by atoms with E-state index in [4.69, 9.17) is 11.6 Å². The quantitative estimate of drug-likeness (QED) is 0.834. The predicted molar refractivity (Wildman–Crippen MR) is 90.0 cm³/mol. The standard InChI is InChI=1S/C18H27ClN2/c1-2-17-13-20-11-4-3-5-18(20)14-21(17)12-10-15-6-8-16(19)9-7-15/h6-9,17-18H,2-5,10-14H2,1H3. The lowest BCUT2D eigenvalue weighted by Crippen LogP contribution is -2.59. The van der Waals surface area contributed by atoms with Crippen molar-refractivity contribution in [2.75, 3.05) is 26.2 Å². The van der Waals surface area contributed by atoms with Crippen LogP contribution in [-0.4, -0.2) is 48.1 Å². The molecule has 2 heterocycles. The van der Waals surface area contributed by atoms with Crippen molar-refractivity contribution >= 4 is 11.6 Å². The topological polar surface area (TPSA) is 6.48 Å². The van der Waals surface area contributed by atoms with E-state index in [1.807, 2.05) is 12.1 Å². The molecule has 3 heteroatoms. The summed E-state index contributed by atoms with van der Waals surface area (Å²) < 4.78 is 0. The maximum atomic E-state index is 5.97. The first-order valence-electron chi connectivity index (χ1n) is 8.49. The van der Waals surface area contributed by atoms with Gasteiger partial charge in [0.25, 0.3) is 0 Å². The van der Waals surface area contributed by atoms with Crippen molar-refractivity contribution in [3.63, 3.8) is 0 Å². The second-order valence-corrected chi connectivity index (χ2v) is 7.01. The summed E-state index contributed by atoms with van der Waals surface area (Å²) in [7, 11) is 0. The molecule has 0 aromatic heterocycles. The number of piperazine rings is 1. The molecule has 2 unspecified atom stereocenters. The van der Waals surface area contributed by atoms with Crippen molar-refractivity contribution in [2.45, 2.75) is 51.1 Å². The van der Waals surface area contributed by atoms with Crippen LogP contribution < -0.4 is 0 Å². The summed E-state index contributed by atoms with van der Waals surface area (Å²) in [5.41, 5.74) is 1.40. The summed E-state index contributed by atoms with van der Waals surface area (Å²) in [6, 6.07) is 9.90. The fourth-order valence-corrected chi connectivity index (χ4v) is 4.02. The molecule has 2 fully saturated rings. The molecular formula is C18H27ClN2. The summed E-state index contributed by atoms with van der Waals surface area (Å²) in [6.45, 7) is 7.40. The van der Waals surface area contributed by atoms with Gasteiger partial charge in [-0.3, -0.25) is 9.80 Å². The minimum atomic E-state index is 0.742. The number of piperidine rings is 1. The zero-order valence-corrected chi connectivity index (χ0v) is 13.9. The maximum absolute atomic E-state index is 5.97. The molecule has 21 heavy (non-hydrogen) atoms. The molecule has 0 N–H and O–H groups in total. The monoisotopic (exact) mass is 306 g/mol. The fourth-order valence-electron chi connectivity index (χ4n) is 3.90. The molecule has 116 valence electrons. The number of fused-ring (bicyclic) bond motifs is 1. The number of halogens is 1. The SMILES string of the molecule is CCC1CN2CCCCC2CN1CCc1ccc(Cl)cc1. The molecule has 3 rings (SSSR count). The van der Waals surface area contributed by atoms with Gasteiger partial charge in [0.15, 0.2) is 0 Å². The summed E-state index contributed by atoms with van der Waals surface area (Å²) >= 11 is 5.97. The molecule has 2 aliphatic heterocycles. The van der Waals surface area contributed by atoms with Gasteiger partial charge in [0.1, 0.15) is 0 Å². The van der Waals surface area contributed by atoms with E-state index in [2.05, 4.69) is 28.9 Å². The fraction of sp³-hybridized carbons (Fsp3) is 0.667. The van der Waals surface area contributed by atoms with E-state index < -0.39 is 0 Å². The lowest BCUT2D eigenvalue weighted by molar-refractivity contribution is 0.00827. The van der Waals surface area contributed by atoms with Crippen molar-refractivity contribution in [3.05, 3.63) is 34.9 Å². The highest BCUT2D eigenvalue weighted by Gasteiger charge is 2.33. The number of hydrogen-bond donors (Lipinski definition) is 0. The molecule has 0 radical (unpaired) electrons.